The van der Waals surface area contributed by atoms with Gasteiger partial charge in [-0.1, -0.05) is 53.3 Å². The monoisotopic (exact) mass is 804 g/mol. The second kappa shape index (κ2) is 46.6. The van der Waals surface area contributed by atoms with Gasteiger partial charge < -0.3 is 70.9 Å². The van der Waals surface area contributed by atoms with E-state index in [1.165, 1.54) is 20.8 Å². The molecular weight excluding hydrogens is 750 g/mol. The molecule has 298 valence electrons. The van der Waals surface area contributed by atoms with Gasteiger partial charge in [-0.05, 0) is 45.8 Å². The quantitative estimate of drug-likeness (QED) is 0.0725. The van der Waals surface area contributed by atoms with Crippen LogP contribution in [0.25, 0.3) is 0 Å². The molecule has 0 aromatic rings. The van der Waals surface area contributed by atoms with Crippen molar-refractivity contribution in [3.63, 3.8) is 0 Å². The van der Waals surface area contributed by atoms with Crippen LogP contribution in [0.3, 0.4) is 0 Å². The van der Waals surface area contributed by atoms with Gasteiger partial charge in [-0.3, -0.25) is 0 Å². The fraction of sp³-hybridized carbons (Fsp3) is 0.455. The van der Waals surface area contributed by atoms with Crippen LogP contribution in [0.2, 0.25) is 0 Å². The minimum absolute atomic E-state index is 0. The molecule has 0 bridgehead atoms. The van der Waals surface area contributed by atoms with Crippen molar-refractivity contribution >= 4 is 35.8 Å². The number of aliphatic hydroxyl groups excluding tert-OH is 6. The van der Waals surface area contributed by atoms with Gasteiger partial charge in [0, 0.05) is 33.6 Å². The van der Waals surface area contributed by atoms with E-state index < -0.39 is 46.6 Å². The molecule has 52 heavy (non-hydrogen) atoms. The zero-order valence-electron chi connectivity index (χ0n) is 30.6. The van der Waals surface area contributed by atoms with E-state index in [2.05, 4.69) is 39.5 Å². The van der Waals surface area contributed by atoms with E-state index in [1.807, 2.05) is 13.8 Å². The number of rotatable bonds is 14. The zero-order valence-corrected chi connectivity index (χ0v) is 33.5. The van der Waals surface area contributed by atoms with Gasteiger partial charge in [-0.2, -0.15) is 0 Å². The standard InChI is InChI=1S/2C6H14O3.3C4H6O2.3C3H4O2.Zn/c2*1-2-6(3-7,4-8)5-9;3*1-3(2)4(5)6;3*1-2-3(4)5;/h2*7-9H,2-5H2,1H3;3*1H2,2H3,(H,5,6);3*2H,1H2,(H,4,5);/q;;;;;;;;+2/p-2. The molecule has 0 saturated heterocycles. The number of hydrogen-bond acceptors (Lipinski definition) is 14. The summed E-state index contributed by atoms with van der Waals surface area (Å²) in [6.07, 6.45) is 3.47. The fourth-order valence-corrected chi connectivity index (χ4v) is 0.971. The molecule has 0 atom stereocenters. The predicted octanol–water partition coefficient (Wildman–Crippen LogP) is -1.24. The number of carbonyl (C=O) groups is 6. The van der Waals surface area contributed by atoms with Crippen molar-refractivity contribution in [2.24, 2.45) is 10.8 Å². The molecule has 0 aliphatic rings. The van der Waals surface area contributed by atoms with Gasteiger partial charge in [-0.25, -0.2) is 19.2 Å². The topological polar surface area (TPSA) is 351 Å². The van der Waals surface area contributed by atoms with E-state index in [0.717, 1.165) is 18.2 Å². The molecule has 0 aromatic carbocycles. The molecule has 0 rings (SSSR count). The molecular formula is C33H56O18Zn. The van der Waals surface area contributed by atoms with Crippen LogP contribution in [0.1, 0.15) is 47.5 Å². The molecule has 0 spiro atoms. The van der Waals surface area contributed by atoms with Crippen LogP contribution in [-0.2, 0) is 48.2 Å². The maximum Gasteiger partial charge on any atom is 2.00 e. The first-order valence-electron chi connectivity index (χ1n) is 14.1. The largest absolute Gasteiger partial charge is 2.00 e. The predicted molar refractivity (Wildman–Crippen MR) is 184 cm³/mol. The summed E-state index contributed by atoms with van der Waals surface area (Å²) in [5, 5.41) is 101. The first-order valence-corrected chi connectivity index (χ1v) is 14.1. The number of hydrogen-bond donors (Lipinski definition) is 10. The van der Waals surface area contributed by atoms with Gasteiger partial charge in [0.05, 0.1) is 51.6 Å². The first kappa shape index (κ1) is 69.4. The summed E-state index contributed by atoms with van der Waals surface area (Å²) < 4.78 is 0. The normalized spacial score (nSPS) is 8.60. The van der Waals surface area contributed by atoms with Gasteiger partial charge in [0.2, 0.25) is 0 Å². The summed E-state index contributed by atoms with van der Waals surface area (Å²) >= 11 is 0. The molecule has 0 aliphatic heterocycles. The van der Waals surface area contributed by atoms with Crippen LogP contribution in [0.5, 0.6) is 0 Å². The Labute approximate surface area is 317 Å². The molecule has 0 aromatic heterocycles. The van der Waals surface area contributed by atoms with Crippen LogP contribution in [-0.4, -0.2) is 127 Å². The number of aliphatic carboxylic acids is 6. The van der Waals surface area contributed by atoms with Gasteiger partial charge in [0.25, 0.3) is 0 Å². The van der Waals surface area contributed by atoms with Crippen molar-refractivity contribution in [1.29, 1.82) is 0 Å². The molecule has 0 aliphatic carbocycles. The Kier molecular flexibility index (Phi) is 62.3. The summed E-state index contributed by atoms with van der Waals surface area (Å²) in [7, 11) is 0. The van der Waals surface area contributed by atoms with E-state index >= 15 is 0 Å². The minimum atomic E-state index is -1.23. The maximum atomic E-state index is 9.60. The Morgan fingerprint density at radius 1 is 0.500 bits per heavy atom. The second-order valence-corrected chi connectivity index (χ2v) is 9.50. The third-order valence-electron chi connectivity index (χ3n) is 5.12. The van der Waals surface area contributed by atoms with Crippen LogP contribution in [0, 0.1) is 10.8 Å². The number of carboxylic acids is 6. The van der Waals surface area contributed by atoms with Crippen molar-refractivity contribution in [3.8, 4) is 0 Å². The van der Waals surface area contributed by atoms with Crippen molar-refractivity contribution in [2.75, 3.05) is 39.6 Å². The van der Waals surface area contributed by atoms with Crippen LogP contribution in [0.15, 0.2) is 74.4 Å². The van der Waals surface area contributed by atoms with Crippen LogP contribution in [0.4, 0.5) is 0 Å². The van der Waals surface area contributed by atoms with Crippen molar-refractivity contribution in [3.05, 3.63) is 74.4 Å². The molecule has 0 fully saturated rings. The van der Waals surface area contributed by atoms with E-state index in [0.29, 0.717) is 12.8 Å². The Balaban J connectivity index is -0.0000000586. The van der Waals surface area contributed by atoms with Crippen LogP contribution >= 0.6 is 0 Å². The summed E-state index contributed by atoms with van der Waals surface area (Å²) in [5.41, 5.74) is -0.806. The van der Waals surface area contributed by atoms with E-state index in [4.69, 9.17) is 70.9 Å². The van der Waals surface area contributed by atoms with Crippen molar-refractivity contribution < 1.29 is 110 Å². The average Bonchev–Trinajstić information content (AvgIpc) is 3.09. The molecule has 10 N–H and O–H groups in total. The van der Waals surface area contributed by atoms with Gasteiger partial charge >= 0.3 is 43.4 Å². The average molecular weight is 806 g/mol. The Bertz CT molecular complexity index is 868. The third kappa shape index (κ3) is 64.2. The summed E-state index contributed by atoms with van der Waals surface area (Å²) in [5.74, 6) is -6.25. The summed E-state index contributed by atoms with van der Waals surface area (Å²) in [4.78, 5) is 56.3. The first-order chi connectivity index (χ1) is 23.2. The summed E-state index contributed by atoms with van der Waals surface area (Å²) in [6.45, 7) is 25.3. The van der Waals surface area contributed by atoms with Gasteiger partial charge in [0.15, 0.2) is 0 Å². The van der Waals surface area contributed by atoms with Crippen LogP contribution < -0.4 is 10.2 Å². The van der Waals surface area contributed by atoms with Crippen molar-refractivity contribution in [1.82, 2.24) is 0 Å². The molecule has 0 radical (unpaired) electrons. The molecule has 0 unspecified atom stereocenters. The second-order valence-electron chi connectivity index (χ2n) is 9.50. The number of carboxylic acid groups (broad SMARTS) is 6. The van der Waals surface area contributed by atoms with Gasteiger partial charge in [-0.15, -0.1) is 0 Å². The fourth-order valence-electron chi connectivity index (χ4n) is 0.971. The molecule has 0 saturated carbocycles. The van der Waals surface area contributed by atoms with E-state index in [1.54, 1.807) is 0 Å². The Hall–Kier alpha value is -4.36. The van der Waals surface area contributed by atoms with E-state index in [-0.39, 0.29) is 75.8 Å². The Morgan fingerprint density at radius 3 is 0.615 bits per heavy atom. The maximum absolute atomic E-state index is 9.60. The molecule has 18 nitrogen and oxygen atoms in total. The molecule has 0 amide bonds. The molecule has 0 heterocycles. The smallest absolute Gasteiger partial charge is 0.545 e. The zero-order chi connectivity index (χ0) is 43.0. The Morgan fingerprint density at radius 2 is 0.615 bits per heavy atom. The SMILES string of the molecule is C=C(C)C(=O)O.C=C(C)C(=O)O.C=C(C)C(=O)O.C=CC(=O)O.C=CC(=O)[O-].C=CC(=O)[O-].CCC(CO)(CO)CO.CCC(CO)(CO)CO.[Zn+2]. The molecule has 19 heteroatoms. The summed E-state index contributed by atoms with van der Waals surface area (Å²) in [6, 6.07) is 0. The minimum Gasteiger partial charge on any atom is -0.545 e. The number of aliphatic hydroxyl groups is 6. The van der Waals surface area contributed by atoms with E-state index in [9.17, 15) is 19.2 Å². The van der Waals surface area contributed by atoms with Gasteiger partial charge in [0.1, 0.15) is 0 Å². The third-order valence-corrected chi connectivity index (χ3v) is 5.12. The van der Waals surface area contributed by atoms with Crippen molar-refractivity contribution in [2.45, 2.75) is 47.5 Å². The number of carbonyl (C=O) groups excluding carboxylic acids is 2.